The lowest BCUT2D eigenvalue weighted by atomic mass is 10.1. The summed E-state index contributed by atoms with van der Waals surface area (Å²) >= 11 is 0. The van der Waals surface area contributed by atoms with Gasteiger partial charge in [-0.05, 0) is 26.4 Å². The van der Waals surface area contributed by atoms with Gasteiger partial charge >= 0.3 is 0 Å². The minimum atomic E-state index is 0.155. The van der Waals surface area contributed by atoms with Crippen molar-refractivity contribution in [3.63, 3.8) is 0 Å². The molecular weight excluding hydrogens is 178 g/mol. The topological polar surface area (TPSA) is 62.3 Å². The van der Waals surface area contributed by atoms with Crippen LogP contribution in [0.15, 0.2) is 0 Å². The van der Waals surface area contributed by atoms with Crippen LogP contribution in [0.2, 0.25) is 0 Å². The van der Waals surface area contributed by atoms with Crippen LogP contribution in [0.5, 0.6) is 0 Å². The Morgan fingerprint density at radius 3 is 2.64 bits per heavy atom. The summed E-state index contributed by atoms with van der Waals surface area (Å²) in [6.45, 7) is 4.72. The maximum Gasteiger partial charge on any atom is 0.0947 e. The number of methoxy groups -OCH3 is 1. The summed E-state index contributed by atoms with van der Waals surface area (Å²) in [7, 11) is 3.79. The first-order valence-corrected chi connectivity index (χ1v) is 5.09. The van der Waals surface area contributed by atoms with E-state index in [2.05, 4.69) is 11.9 Å². The van der Waals surface area contributed by atoms with Gasteiger partial charge in [-0.25, -0.2) is 0 Å². The van der Waals surface area contributed by atoms with E-state index in [4.69, 9.17) is 15.9 Å². The van der Waals surface area contributed by atoms with Crippen molar-refractivity contribution in [2.24, 2.45) is 11.7 Å². The lowest BCUT2D eigenvalue weighted by Crippen LogP contribution is -2.32. The second kappa shape index (κ2) is 7.76. The maximum atomic E-state index is 7.27. The van der Waals surface area contributed by atoms with Gasteiger partial charge in [0, 0.05) is 26.2 Å². The molecule has 0 bridgehead atoms. The van der Waals surface area contributed by atoms with E-state index in [-0.39, 0.29) is 11.8 Å². The standard InChI is InChI=1S/C10H23N3O/c1-9(10(11)12)8-13(2)6-4-5-7-14-3/h9H,4-8H2,1-3H3,(H3,11,12). The van der Waals surface area contributed by atoms with Crippen LogP contribution in [-0.4, -0.2) is 44.6 Å². The SMILES string of the molecule is COCCCCN(C)CC(C)C(=N)N. The highest BCUT2D eigenvalue weighted by atomic mass is 16.5. The van der Waals surface area contributed by atoms with Crippen LogP contribution in [0.4, 0.5) is 0 Å². The largest absolute Gasteiger partial charge is 0.387 e. The minimum Gasteiger partial charge on any atom is -0.387 e. The number of unbranched alkanes of at least 4 members (excludes halogenated alkanes) is 1. The first-order valence-electron chi connectivity index (χ1n) is 5.09. The summed E-state index contributed by atoms with van der Waals surface area (Å²) in [6, 6.07) is 0. The third-order valence-electron chi connectivity index (χ3n) is 2.25. The number of nitrogens with one attached hydrogen (secondary N) is 1. The third kappa shape index (κ3) is 6.86. The van der Waals surface area contributed by atoms with Crippen LogP contribution < -0.4 is 5.73 Å². The van der Waals surface area contributed by atoms with Crippen molar-refractivity contribution in [2.45, 2.75) is 19.8 Å². The Bertz CT molecular complexity index is 161. The molecule has 84 valence electrons. The van der Waals surface area contributed by atoms with E-state index in [9.17, 15) is 0 Å². The van der Waals surface area contributed by atoms with Gasteiger partial charge in [0.05, 0.1) is 5.84 Å². The van der Waals surface area contributed by atoms with Gasteiger partial charge in [0.15, 0.2) is 0 Å². The average molecular weight is 201 g/mol. The highest BCUT2D eigenvalue weighted by molar-refractivity contribution is 5.79. The number of nitrogens with two attached hydrogens (primary N) is 1. The molecule has 4 nitrogen and oxygen atoms in total. The van der Waals surface area contributed by atoms with Crippen molar-refractivity contribution in [1.29, 1.82) is 5.41 Å². The molecule has 14 heavy (non-hydrogen) atoms. The Morgan fingerprint density at radius 2 is 2.14 bits per heavy atom. The molecule has 0 aliphatic rings. The first-order chi connectivity index (χ1) is 6.57. The molecule has 4 heteroatoms. The number of nitrogens with zero attached hydrogens (tertiary/aromatic N) is 1. The molecule has 0 saturated carbocycles. The fourth-order valence-electron chi connectivity index (χ4n) is 1.29. The monoisotopic (exact) mass is 201 g/mol. The van der Waals surface area contributed by atoms with Gasteiger partial charge in [-0.2, -0.15) is 0 Å². The Morgan fingerprint density at radius 1 is 1.50 bits per heavy atom. The predicted molar refractivity (Wildman–Crippen MR) is 59.7 cm³/mol. The van der Waals surface area contributed by atoms with Crippen molar-refractivity contribution < 1.29 is 4.74 Å². The van der Waals surface area contributed by atoms with Crippen LogP contribution in [-0.2, 0) is 4.74 Å². The van der Waals surface area contributed by atoms with Crippen molar-refractivity contribution >= 4 is 5.84 Å². The van der Waals surface area contributed by atoms with Gasteiger partial charge in [-0.3, -0.25) is 5.41 Å². The molecule has 0 spiro atoms. The van der Waals surface area contributed by atoms with Crippen LogP contribution in [0.1, 0.15) is 19.8 Å². The normalized spacial score (nSPS) is 13.1. The predicted octanol–water partition coefficient (Wildman–Crippen LogP) is 0.917. The Balaban J connectivity index is 3.45. The fraction of sp³-hybridized carbons (Fsp3) is 0.900. The van der Waals surface area contributed by atoms with Crippen LogP contribution >= 0.6 is 0 Å². The molecular formula is C10H23N3O. The average Bonchev–Trinajstić information content (AvgIpc) is 2.12. The molecule has 1 atom stereocenters. The van der Waals surface area contributed by atoms with Crippen molar-refractivity contribution in [3.05, 3.63) is 0 Å². The van der Waals surface area contributed by atoms with Crippen LogP contribution in [0, 0.1) is 11.3 Å². The first kappa shape index (κ1) is 13.4. The summed E-state index contributed by atoms with van der Waals surface area (Å²) in [5.41, 5.74) is 5.40. The molecule has 0 rings (SSSR count). The van der Waals surface area contributed by atoms with E-state index < -0.39 is 0 Å². The number of hydrogen-bond donors (Lipinski definition) is 2. The maximum absolute atomic E-state index is 7.27. The zero-order chi connectivity index (χ0) is 11.0. The Labute approximate surface area is 86.9 Å². The molecule has 0 aliphatic heterocycles. The van der Waals surface area contributed by atoms with Crippen molar-refractivity contribution in [1.82, 2.24) is 4.90 Å². The molecule has 3 N–H and O–H groups in total. The van der Waals surface area contributed by atoms with Gasteiger partial charge < -0.3 is 15.4 Å². The van der Waals surface area contributed by atoms with Crippen molar-refractivity contribution in [2.75, 3.05) is 33.9 Å². The summed E-state index contributed by atoms with van der Waals surface area (Å²) < 4.78 is 4.97. The van der Waals surface area contributed by atoms with E-state index in [0.29, 0.717) is 0 Å². The molecule has 0 fully saturated rings. The second-order valence-electron chi connectivity index (χ2n) is 3.82. The van der Waals surface area contributed by atoms with Gasteiger partial charge in [0.1, 0.15) is 0 Å². The highest BCUT2D eigenvalue weighted by Gasteiger charge is 2.08. The summed E-state index contributed by atoms with van der Waals surface area (Å²) in [6.07, 6.45) is 2.23. The molecule has 0 radical (unpaired) electrons. The zero-order valence-corrected chi connectivity index (χ0v) is 9.55. The van der Waals surface area contributed by atoms with E-state index in [0.717, 1.165) is 32.5 Å². The summed E-state index contributed by atoms with van der Waals surface area (Å²) in [4.78, 5) is 2.21. The number of amidine groups is 1. The molecule has 0 aromatic heterocycles. The molecule has 0 aromatic rings. The quantitative estimate of drug-likeness (QED) is 0.349. The lowest BCUT2D eigenvalue weighted by molar-refractivity contribution is 0.186. The van der Waals surface area contributed by atoms with E-state index >= 15 is 0 Å². The molecule has 0 aromatic carbocycles. The van der Waals surface area contributed by atoms with Gasteiger partial charge in [-0.1, -0.05) is 6.92 Å². The number of hydrogen-bond acceptors (Lipinski definition) is 3. The second-order valence-corrected chi connectivity index (χ2v) is 3.82. The van der Waals surface area contributed by atoms with E-state index in [1.165, 1.54) is 0 Å². The summed E-state index contributed by atoms with van der Waals surface area (Å²) in [5.74, 6) is 0.427. The summed E-state index contributed by atoms with van der Waals surface area (Å²) in [5, 5.41) is 7.27. The minimum absolute atomic E-state index is 0.155. The smallest absolute Gasteiger partial charge is 0.0947 e. The molecule has 0 amide bonds. The van der Waals surface area contributed by atoms with Gasteiger partial charge in [0.2, 0.25) is 0 Å². The molecule has 0 aliphatic carbocycles. The lowest BCUT2D eigenvalue weighted by Gasteiger charge is -2.20. The van der Waals surface area contributed by atoms with E-state index in [1.807, 2.05) is 6.92 Å². The zero-order valence-electron chi connectivity index (χ0n) is 9.55. The van der Waals surface area contributed by atoms with Gasteiger partial charge in [0.25, 0.3) is 0 Å². The molecule has 1 unspecified atom stereocenters. The van der Waals surface area contributed by atoms with E-state index in [1.54, 1.807) is 7.11 Å². The molecule has 0 heterocycles. The Kier molecular flexibility index (Phi) is 7.42. The third-order valence-corrected chi connectivity index (χ3v) is 2.25. The van der Waals surface area contributed by atoms with Crippen LogP contribution in [0.3, 0.4) is 0 Å². The Hall–Kier alpha value is -0.610. The fourth-order valence-corrected chi connectivity index (χ4v) is 1.29. The van der Waals surface area contributed by atoms with Crippen molar-refractivity contribution in [3.8, 4) is 0 Å². The number of ether oxygens (including phenoxy) is 1. The van der Waals surface area contributed by atoms with Crippen LogP contribution in [0.25, 0.3) is 0 Å². The highest BCUT2D eigenvalue weighted by Crippen LogP contribution is 1.99. The number of rotatable bonds is 8. The van der Waals surface area contributed by atoms with Gasteiger partial charge in [-0.15, -0.1) is 0 Å². The molecule has 0 saturated heterocycles.